The molecule has 8 nitrogen and oxygen atoms in total. The molecule has 2 atom stereocenters. The first-order valence-corrected chi connectivity index (χ1v) is 8.69. The summed E-state index contributed by atoms with van der Waals surface area (Å²) in [4.78, 5) is 23.0. The van der Waals surface area contributed by atoms with Crippen molar-refractivity contribution in [3.05, 3.63) is 0 Å². The predicted molar refractivity (Wildman–Crippen MR) is 77.4 cm³/mol. The van der Waals surface area contributed by atoms with Crippen LogP contribution in [0.3, 0.4) is 0 Å². The summed E-state index contributed by atoms with van der Waals surface area (Å²) in [5, 5.41) is 14.3. The molecule has 0 aromatic rings. The number of hydrogen-bond donors (Lipinski definition) is 4. The van der Waals surface area contributed by atoms with Crippen LogP contribution in [0.25, 0.3) is 0 Å². The average Bonchev–Trinajstić information content (AvgIpc) is 2.64. The molecule has 0 aromatic heterocycles. The number of aliphatic carboxylic acids is 1. The summed E-state index contributed by atoms with van der Waals surface area (Å²) in [6.07, 6.45) is 3.86. The molecule has 21 heavy (non-hydrogen) atoms. The Morgan fingerprint density at radius 2 is 1.86 bits per heavy atom. The average molecular weight is 321 g/mol. The smallest absolute Gasteiger partial charge is 0.315 e. The minimum atomic E-state index is -3.36. The summed E-state index contributed by atoms with van der Waals surface area (Å²) in [6, 6.07) is -0.939. The van der Waals surface area contributed by atoms with E-state index in [1.165, 1.54) is 7.05 Å². The molecule has 0 radical (unpaired) electrons. The highest BCUT2D eigenvalue weighted by atomic mass is 32.2. The Morgan fingerprint density at radius 3 is 2.48 bits per heavy atom. The molecule has 0 saturated heterocycles. The summed E-state index contributed by atoms with van der Waals surface area (Å²) >= 11 is 0. The zero-order chi connectivity index (χ0) is 15.9. The van der Waals surface area contributed by atoms with Crippen molar-refractivity contribution in [3.63, 3.8) is 0 Å². The Labute approximate surface area is 124 Å². The molecule has 1 rings (SSSR count). The van der Waals surface area contributed by atoms with E-state index in [4.69, 9.17) is 0 Å². The minimum Gasteiger partial charge on any atom is -0.481 e. The predicted octanol–water partition coefficient (Wildman–Crippen LogP) is -0.132. The lowest BCUT2D eigenvalue weighted by Gasteiger charge is -2.23. The van der Waals surface area contributed by atoms with Gasteiger partial charge in [-0.15, -0.1) is 0 Å². The highest BCUT2D eigenvalue weighted by molar-refractivity contribution is 7.89. The number of amides is 2. The van der Waals surface area contributed by atoms with Crippen molar-refractivity contribution in [2.45, 2.75) is 38.1 Å². The fourth-order valence-electron chi connectivity index (χ4n) is 2.40. The van der Waals surface area contributed by atoms with Gasteiger partial charge >= 0.3 is 12.0 Å². The first-order valence-electron chi connectivity index (χ1n) is 7.04. The van der Waals surface area contributed by atoms with Gasteiger partial charge in [-0.1, -0.05) is 19.3 Å². The second-order valence-corrected chi connectivity index (χ2v) is 7.16. The summed E-state index contributed by atoms with van der Waals surface area (Å²) in [5.41, 5.74) is 0. The third kappa shape index (κ3) is 6.30. The Bertz CT molecular complexity index is 466. The Kier molecular flexibility index (Phi) is 6.90. The van der Waals surface area contributed by atoms with Crippen LogP contribution >= 0.6 is 0 Å². The van der Waals surface area contributed by atoms with Gasteiger partial charge in [-0.3, -0.25) is 4.79 Å². The summed E-state index contributed by atoms with van der Waals surface area (Å²) < 4.78 is 24.5. The van der Waals surface area contributed by atoms with E-state index in [0.29, 0.717) is 12.8 Å². The molecule has 1 aliphatic rings. The van der Waals surface area contributed by atoms with Gasteiger partial charge in [0.15, 0.2) is 0 Å². The molecule has 0 heterocycles. The van der Waals surface area contributed by atoms with Crippen molar-refractivity contribution in [1.29, 1.82) is 0 Å². The van der Waals surface area contributed by atoms with E-state index >= 15 is 0 Å². The molecule has 2 amide bonds. The van der Waals surface area contributed by atoms with Crippen molar-refractivity contribution in [1.82, 2.24) is 15.4 Å². The largest absolute Gasteiger partial charge is 0.481 e. The number of sulfonamides is 1. The minimum absolute atomic E-state index is 0.0283. The SMILES string of the molecule is CNS(=O)(=O)CCNC(=O)NC1CCCCCC1C(=O)O. The fourth-order valence-corrected chi connectivity index (χ4v) is 2.97. The van der Waals surface area contributed by atoms with E-state index in [0.717, 1.165) is 19.3 Å². The van der Waals surface area contributed by atoms with Crippen LogP contribution in [0.15, 0.2) is 0 Å². The fraction of sp³-hybridized carbons (Fsp3) is 0.833. The summed E-state index contributed by atoms with van der Waals surface area (Å²) in [5.74, 6) is -1.71. The molecule has 122 valence electrons. The molecule has 0 aliphatic heterocycles. The first kappa shape index (κ1) is 17.7. The van der Waals surface area contributed by atoms with Gasteiger partial charge in [0, 0.05) is 12.6 Å². The molecule has 2 unspecified atom stereocenters. The van der Waals surface area contributed by atoms with Crippen molar-refractivity contribution >= 4 is 22.0 Å². The second kappa shape index (κ2) is 8.18. The normalized spacial score (nSPS) is 23.1. The van der Waals surface area contributed by atoms with Crippen LogP contribution in [0.1, 0.15) is 32.1 Å². The van der Waals surface area contributed by atoms with E-state index in [1.807, 2.05) is 0 Å². The Balaban J connectivity index is 2.46. The highest BCUT2D eigenvalue weighted by Gasteiger charge is 2.30. The van der Waals surface area contributed by atoms with Crippen LogP contribution in [-0.4, -0.2) is 50.9 Å². The number of nitrogens with one attached hydrogen (secondary N) is 3. The lowest BCUT2D eigenvalue weighted by Crippen LogP contribution is -2.48. The topological polar surface area (TPSA) is 125 Å². The van der Waals surface area contributed by atoms with Crippen LogP contribution < -0.4 is 15.4 Å². The van der Waals surface area contributed by atoms with Gasteiger partial charge in [-0.25, -0.2) is 17.9 Å². The van der Waals surface area contributed by atoms with E-state index in [2.05, 4.69) is 15.4 Å². The van der Waals surface area contributed by atoms with E-state index < -0.39 is 34.0 Å². The van der Waals surface area contributed by atoms with E-state index in [9.17, 15) is 23.1 Å². The number of carboxylic acid groups (broad SMARTS) is 1. The van der Waals surface area contributed by atoms with Gasteiger partial charge in [0.1, 0.15) is 0 Å². The van der Waals surface area contributed by atoms with Gasteiger partial charge < -0.3 is 15.7 Å². The number of urea groups is 1. The molecule has 4 N–H and O–H groups in total. The molecular formula is C12H23N3O5S. The standard InChI is InChI=1S/C12H23N3O5S/c1-13-21(19,20)8-7-14-12(18)15-10-6-4-2-3-5-9(10)11(16)17/h9-10,13H,2-8H2,1H3,(H,16,17)(H2,14,15,18). The monoisotopic (exact) mass is 321 g/mol. The van der Waals surface area contributed by atoms with Crippen LogP contribution in [0.2, 0.25) is 0 Å². The van der Waals surface area contributed by atoms with Crippen molar-refractivity contribution in [2.75, 3.05) is 19.3 Å². The molecule has 1 fully saturated rings. The van der Waals surface area contributed by atoms with Crippen molar-refractivity contribution in [3.8, 4) is 0 Å². The van der Waals surface area contributed by atoms with Gasteiger partial charge in [-0.05, 0) is 19.9 Å². The van der Waals surface area contributed by atoms with E-state index in [1.54, 1.807) is 0 Å². The summed E-state index contributed by atoms with van der Waals surface area (Å²) in [7, 11) is -2.06. The number of rotatable bonds is 6. The number of carboxylic acids is 1. The number of carbonyl (C=O) groups excluding carboxylic acids is 1. The molecule has 9 heteroatoms. The molecule has 0 spiro atoms. The maximum Gasteiger partial charge on any atom is 0.315 e. The van der Waals surface area contributed by atoms with Crippen LogP contribution in [0.4, 0.5) is 4.79 Å². The molecule has 0 aromatic carbocycles. The first-order chi connectivity index (χ1) is 9.85. The molecule has 0 bridgehead atoms. The number of hydrogen-bond acceptors (Lipinski definition) is 4. The van der Waals surface area contributed by atoms with Crippen molar-refractivity contribution in [2.24, 2.45) is 5.92 Å². The van der Waals surface area contributed by atoms with Crippen LogP contribution in [0.5, 0.6) is 0 Å². The van der Waals surface area contributed by atoms with Gasteiger partial charge in [0.25, 0.3) is 0 Å². The van der Waals surface area contributed by atoms with E-state index in [-0.39, 0.29) is 12.3 Å². The zero-order valence-corrected chi connectivity index (χ0v) is 12.9. The summed E-state index contributed by atoms with van der Waals surface area (Å²) in [6.45, 7) is -0.0283. The zero-order valence-electron chi connectivity index (χ0n) is 12.1. The maximum atomic E-state index is 11.7. The van der Waals surface area contributed by atoms with Crippen LogP contribution in [-0.2, 0) is 14.8 Å². The quantitative estimate of drug-likeness (QED) is 0.507. The number of carbonyl (C=O) groups is 2. The van der Waals surface area contributed by atoms with Gasteiger partial charge in [0.2, 0.25) is 10.0 Å². The second-order valence-electron chi connectivity index (χ2n) is 5.11. The lowest BCUT2D eigenvalue weighted by molar-refractivity contribution is -0.142. The lowest BCUT2D eigenvalue weighted by atomic mass is 9.95. The third-order valence-electron chi connectivity index (χ3n) is 3.62. The molecule has 1 saturated carbocycles. The molecular weight excluding hydrogens is 298 g/mol. The maximum absolute atomic E-state index is 11.7. The van der Waals surface area contributed by atoms with Crippen LogP contribution in [0, 0.1) is 5.92 Å². The van der Waals surface area contributed by atoms with Gasteiger partial charge in [0.05, 0.1) is 11.7 Å². The van der Waals surface area contributed by atoms with Gasteiger partial charge in [-0.2, -0.15) is 0 Å². The molecule has 1 aliphatic carbocycles. The highest BCUT2D eigenvalue weighted by Crippen LogP contribution is 2.23. The Morgan fingerprint density at radius 1 is 1.19 bits per heavy atom. The Hall–Kier alpha value is -1.35. The van der Waals surface area contributed by atoms with Crippen molar-refractivity contribution < 1.29 is 23.1 Å². The third-order valence-corrected chi connectivity index (χ3v) is 4.98.